The van der Waals surface area contributed by atoms with Crippen LogP contribution in [0.3, 0.4) is 0 Å². The monoisotopic (exact) mass is 409 g/mol. The van der Waals surface area contributed by atoms with Crippen molar-refractivity contribution in [2.75, 3.05) is 26.0 Å². The van der Waals surface area contributed by atoms with Crippen molar-refractivity contribution in [1.29, 1.82) is 0 Å². The topological polar surface area (TPSA) is 67.0 Å². The Morgan fingerprint density at radius 1 is 1.03 bits per heavy atom. The summed E-state index contributed by atoms with van der Waals surface area (Å²) in [6.07, 6.45) is 0.807. The summed E-state index contributed by atoms with van der Waals surface area (Å²) in [6, 6.07) is 16.6. The second-order valence-electron chi connectivity index (χ2n) is 6.98. The van der Waals surface area contributed by atoms with E-state index in [9.17, 15) is 4.79 Å². The van der Waals surface area contributed by atoms with Gasteiger partial charge in [0.2, 0.25) is 5.91 Å². The highest BCUT2D eigenvalue weighted by Crippen LogP contribution is 2.32. The van der Waals surface area contributed by atoms with Crippen LogP contribution in [-0.2, 0) is 9.53 Å². The Morgan fingerprint density at radius 3 is 2.28 bits per heavy atom. The lowest BCUT2D eigenvalue weighted by molar-refractivity contribution is -0.118. The maximum atomic E-state index is 12.2. The Balaban J connectivity index is 1.79. The van der Waals surface area contributed by atoms with Crippen LogP contribution in [0.15, 0.2) is 53.6 Å². The molecule has 5 nitrogen and oxygen atoms in total. The van der Waals surface area contributed by atoms with Crippen molar-refractivity contribution in [3.63, 3.8) is 0 Å². The molecule has 1 amide bonds. The number of H-pyrrole nitrogens is 1. The van der Waals surface area contributed by atoms with Crippen molar-refractivity contribution in [2.45, 2.75) is 25.3 Å². The Morgan fingerprint density at radius 2 is 1.66 bits per heavy atom. The van der Waals surface area contributed by atoms with Crippen molar-refractivity contribution in [3.8, 4) is 22.6 Å². The van der Waals surface area contributed by atoms with Gasteiger partial charge in [0.15, 0.2) is 0 Å². The first-order chi connectivity index (χ1) is 14.1. The van der Waals surface area contributed by atoms with Crippen LogP contribution < -0.4 is 5.32 Å². The fraction of sp³-hybridized carbons (Fsp3) is 0.304. The maximum absolute atomic E-state index is 12.2. The second-order valence-corrected chi connectivity index (χ2v) is 7.95. The number of hydrogen-bond acceptors (Lipinski definition) is 4. The molecule has 0 aliphatic carbocycles. The van der Waals surface area contributed by atoms with E-state index < -0.39 is 0 Å². The number of rotatable bonds is 9. The number of carbonyl (C=O) groups excluding carboxylic acids is 1. The number of nitrogens with zero attached hydrogens (tertiary/aromatic N) is 1. The number of benzene rings is 2. The summed E-state index contributed by atoms with van der Waals surface area (Å²) in [7, 11) is 1.66. The largest absolute Gasteiger partial charge is 0.385 e. The zero-order valence-electron chi connectivity index (χ0n) is 17.1. The van der Waals surface area contributed by atoms with E-state index >= 15 is 0 Å². The van der Waals surface area contributed by atoms with Gasteiger partial charge in [0.1, 0.15) is 10.9 Å². The predicted molar refractivity (Wildman–Crippen MR) is 119 cm³/mol. The first-order valence-electron chi connectivity index (χ1n) is 9.69. The molecule has 0 fully saturated rings. The van der Waals surface area contributed by atoms with Crippen LogP contribution in [0.2, 0.25) is 0 Å². The Hall–Kier alpha value is -2.57. The molecule has 152 valence electrons. The van der Waals surface area contributed by atoms with Crippen LogP contribution in [0.1, 0.15) is 17.5 Å². The van der Waals surface area contributed by atoms with Gasteiger partial charge in [-0.1, -0.05) is 71.4 Å². The number of aryl methyl sites for hydroxylation is 2. The molecule has 2 aromatic carbocycles. The third-order valence-electron chi connectivity index (χ3n) is 4.52. The van der Waals surface area contributed by atoms with E-state index in [1.807, 2.05) is 0 Å². The van der Waals surface area contributed by atoms with Crippen LogP contribution in [0.4, 0.5) is 0 Å². The lowest BCUT2D eigenvalue weighted by atomic mass is 10.1. The molecule has 0 saturated carbocycles. The summed E-state index contributed by atoms with van der Waals surface area (Å²) in [5, 5.41) is 3.75. The molecule has 6 heteroatoms. The van der Waals surface area contributed by atoms with E-state index in [0.717, 1.165) is 34.1 Å². The molecule has 0 bridgehead atoms. The van der Waals surface area contributed by atoms with Gasteiger partial charge in [-0.05, 0) is 20.3 Å². The molecule has 29 heavy (non-hydrogen) atoms. The number of ether oxygens (including phenoxy) is 1. The molecule has 0 atom stereocenters. The summed E-state index contributed by atoms with van der Waals surface area (Å²) in [5.74, 6) is 1.13. The van der Waals surface area contributed by atoms with Crippen molar-refractivity contribution in [3.05, 3.63) is 59.7 Å². The fourth-order valence-corrected chi connectivity index (χ4v) is 3.69. The number of imidazole rings is 1. The summed E-state index contributed by atoms with van der Waals surface area (Å²) in [6.45, 7) is 5.39. The third kappa shape index (κ3) is 5.95. The second kappa shape index (κ2) is 10.3. The van der Waals surface area contributed by atoms with Crippen LogP contribution in [-0.4, -0.2) is 41.9 Å². The molecule has 2 N–H and O–H groups in total. The number of carbonyl (C=O) groups is 1. The van der Waals surface area contributed by atoms with Gasteiger partial charge in [0.25, 0.3) is 0 Å². The number of nitrogens with one attached hydrogen (secondary N) is 2. The number of thioether (sulfide) groups is 1. The third-order valence-corrected chi connectivity index (χ3v) is 5.50. The van der Waals surface area contributed by atoms with E-state index in [-0.39, 0.29) is 5.91 Å². The minimum Gasteiger partial charge on any atom is -0.385 e. The molecule has 0 unspecified atom stereocenters. The summed E-state index contributed by atoms with van der Waals surface area (Å²) < 4.78 is 5.01. The number of methoxy groups -OCH3 is 1. The van der Waals surface area contributed by atoms with Gasteiger partial charge in [0.05, 0.1) is 11.4 Å². The van der Waals surface area contributed by atoms with Crippen molar-refractivity contribution in [2.24, 2.45) is 0 Å². The molecule has 1 heterocycles. The molecule has 0 saturated heterocycles. The van der Waals surface area contributed by atoms with E-state index in [0.29, 0.717) is 18.9 Å². The summed E-state index contributed by atoms with van der Waals surface area (Å²) in [4.78, 5) is 20.4. The summed E-state index contributed by atoms with van der Waals surface area (Å²) in [5.41, 5.74) is 5.44. The van der Waals surface area contributed by atoms with Gasteiger partial charge < -0.3 is 15.0 Å². The number of amides is 1. The van der Waals surface area contributed by atoms with Crippen LogP contribution in [0, 0.1) is 13.8 Å². The number of aromatic nitrogens is 2. The predicted octanol–water partition coefficient (Wildman–Crippen LogP) is 4.61. The highest BCUT2D eigenvalue weighted by Gasteiger charge is 2.15. The smallest absolute Gasteiger partial charge is 0.230 e. The molecule has 3 aromatic rings. The molecular formula is C23H27N3O2S. The van der Waals surface area contributed by atoms with Crippen LogP contribution >= 0.6 is 11.8 Å². The van der Waals surface area contributed by atoms with E-state index in [4.69, 9.17) is 9.72 Å². The molecular weight excluding hydrogens is 382 g/mol. The minimum atomic E-state index is 0.000782. The molecule has 0 aliphatic heterocycles. The highest BCUT2D eigenvalue weighted by molar-refractivity contribution is 8.00. The quantitative estimate of drug-likeness (QED) is 0.400. The van der Waals surface area contributed by atoms with E-state index in [2.05, 4.69) is 72.7 Å². The Labute approximate surface area is 176 Å². The highest BCUT2D eigenvalue weighted by atomic mass is 32.2. The SMILES string of the molecule is COCCCNC(=O)CSc1nc(-c2ccc(C)cc2)[nH]c1-c1ccc(C)cc1. The van der Waals surface area contributed by atoms with Crippen molar-refractivity contribution in [1.82, 2.24) is 15.3 Å². The van der Waals surface area contributed by atoms with Crippen molar-refractivity contribution >= 4 is 17.7 Å². The molecule has 0 spiro atoms. The average Bonchev–Trinajstić information content (AvgIpc) is 3.15. The number of aromatic amines is 1. The maximum Gasteiger partial charge on any atom is 0.230 e. The zero-order chi connectivity index (χ0) is 20.6. The fourth-order valence-electron chi connectivity index (χ4n) is 2.85. The number of hydrogen-bond donors (Lipinski definition) is 2. The van der Waals surface area contributed by atoms with Crippen LogP contribution in [0.5, 0.6) is 0 Å². The molecule has 0 aliphatic rings. The lowest BCUT2D eigenvalue weighted by Crippen LogP contribution is -2.26. The van der Waals surface area contributed by atoms with Gasteiger partial charge in [-0.25, -0.2) is 4.98 Å². The molecule has 0 radical (unpaired) electrons. The van der Waals surface area contributed by atoms with Crippen LogP contribution in [0.25, 0.3) is 22.6 Å². The molecule has 3 rings (SSSR count). The standard InChI is InChI=1S/C23H27N3O2S/c1-16-5-9-18(10-6-16)21-23(29-15-20(27)24-13-4-14-28-3)26-22(25-21)19-11-7-17(2)8-12-19/h5-12H,4,13-15H2,1-3H3,(H,24,27)(H,25,26). The van der Waals surface area contributed by atoms with Crippen molar-refractivity contribution < 1.29 is 9.53 Å². The van der Waals surface area contributed by atoms with Gasteiger partial charge >= 0.3 is 0 Å². The minimum absolute atomic E-state index is 0.000782. The summed E-state index contributed by atoms with van der Waals surface area (Å²) >= 11 is 1.45. The molecule has 1 aromatic heterocycles. The van der Waals surface area contributed by atoms with Gasteiger partial charge in [-0.3, -0.25) is 4.79 Å². The normalized spacial score (nSPS) is 10.9. The first-order valence-corrected chi connectivity index (χ1v) is 10.7. The zero-order valence-corrected chi connectivity index (χ0v) is 17.9. The van der Waals surface area contributed by atoms with Gasteiger partial charge in [0, 0.05) is 31.4 Å². The van der Waals surface area contributed by atoms with E-state index in [1.54, 1.807) is 7.11 Å². The lowest BCUT2D eigenvalue weighted by Gasteiger charge is -2.05. The Kier molecular flexibility index (Phi) is 7.49. The average molecular weight is 410 g/mol. The van der Waals surface area contributed by atoms with E-state index in [1.165, 1.54) is 22.9 Å². The Bertz CT molecular complexity index is 934. The van der Waals surface area contributed by atoms with Gasteiger partial charge in [-0.2, -0.15) is 0 Å². The first kappa shape index (κ1) is 21.1. The van der Waals surface area contributed by atoms with Gasteiger partial charge in [-0.15, -0.1) is 0 Å².